The average Bonchev–Trinajstić information content (AvgIpc) is 2.27. The number of nitrogens with two attached hydrogens (primary N) is 1. The molecule has 1 heterocycles. The first-order valence-corrected chi connectivity index (χ1v) is 5.54. The second-order valence-corrected chi connectivity index (χ2v) is 4.24. The topological polar surface area (TPSA) is 61.0 Å². The maximum atomic E-state index is 5.90. The van der Waals surface area contributed by atoms with Crippen molar-refractivity contribution in [1.82, 2.24) is 9.97 Å². The van der Waals surface area contributed by atoms with Gasteiger partial charge in [-0.15, -0.1) is 0 Å². The average molecular weight is 270 g/mol. The summed E-state index contributed by atoms with van der Waals surface area (Å²) in [5, 5.41) is 0.941. The van der Waals surface area contributed by atoms with E-state index in [9.17, 15) is 0 Å². The Labute approximate surface area is 108 Å². The summed E-state index contributed by atoms with van der Waals surface area (Å²) in [7, 11) is 0. The van der Waals surface area contributed by atoms with E-state index in [1.54, 1.807) is 18.2 Å². The zero-order valence-corrected chi connectivity index (χ0v) is 10.5. The molecule has 0 spiro atoms. The highest BCUT2D eigenvalue weighted by Crippen LogP contribution is 2.30. The van der Waals surface area contributed by atoms with Gasteiger partial charge >= 0.3 is 0 Å². The molecule has 1 aromatic heterocycles. The highest BCUT2D eigenvalue weighted by atomic mass is 35.5. The number of benzene rings is 1. The van der Waals surface area contributed by atoms with Gasteiger partial charge in [-0.25, -0.2) is 4.98 Å². The van der Waals surface area contributed by atoms with E-state index in [0.29, 0.717) is 15.8 Å². The Hall–Kier alpha value is -1.52. The lowest BCUT2D eigenvalue weighted by molar-refractivity contribution is 0.459. The van der Waals surface area contributed by atoms with Crippen LogP contribution in [0.5, 0.6) is 11.6 Å². The molecule has 0 fully saturated rings. The standard InChI is InChI=1S/C11H9Cl2N3O/c1-6-4-7(12)2-3-9(6)17-10-8(13)5-15-11(14)16-10/h2-5H,1H3,(H2,14,15,16). The van der Waals surface area contributed by atoms with Crippen LogP contribution in [0, 0.1) is 6.92 Å². The largest absolute Gasteiger partial charge is 0.437 e. The molecule has 0 saturated heterocycles. The summed E-state index contributed by atoms with van der Waals surface area (Å²) in [5.41, 5.74) is 6.34. The molecule has 6 heteroatoms. The number of aryl methyl sites for hydroxylation is 1. The van der Waals surface area contributed by atoms with E-state index in [4.69, 9.17) is 33.7 Å². The van der Waals surface area contributed by atoms with Crippen molar-refractivity contribution in [2.75, 3.05) is 5.73 Å². The van der Waals surface area contributed by atoms with Gasteiger partial charge in [0, 0.05) is 5.02 Å². The molecule has 88 valence electrons. The number of rotatable bonds is 2. The normalized spacial score (nSPS) is 10.3. The fraction of sp³-hybridized carbons (Fsp3) is 0.0909. The predicted molar refractivity (Wildman–Crippen MR) is 67.7 cm³/mol. The molecular weight excluding hydrogens is 261 g/mol. The van der Waals surface area contributed by atoms with E-state index < -0.39 is 0 Å². The van der Waals surface area contributed by atoms with E-state index in [0.717, 1.165) is 5.56 Å². The highest BCUT2D eigenvalue weighted by Gasteiger charge is 2.08. The third-order valence-electron chi connectivity index (χ3n) is 2.07. The van der Waals surface area contributed by atoms with Crippen molar-refractivity contribution in [3.05, 3.63) is 40.0 Å². The van der Waals surface area contributed by atoms with Crippen LogP contribution in [-0.4, -0.2) is 9.97 Å². The number of nitrogen functional groups attached to an aromatic ring is 1. The van der Waals surface area contributed by atoms with Crippen molar-refractivity contribution in [2.24, 2.45) is 0 Å². The number of hydrogen-bond donors (Lipinski definition) is 1. The summed E-state index contributed by atoms with van der Waals surface area (Å²) in [5.74, 6) is 0.954. The van der Waals surface area contributed by atoms with Crippen LogP contribution in [-0.2, 0) is 0 Å². The molecular formula is C11H9Cl2N3O. The minimum atomic E-state index is 0.107. The van der Waals surface area contributed by atoms with Crippen LogP contribution in [0.2, 0.25) is 10.0 Å². The molecule has 2 rings (SSSR count). The molecule has 0 saturated carbocycles. The van der Waals surface area contributed by atoms with E-state index >= 15 is 0 Å². The zero-order chi connectivity index (χ0) is 12.4. The van der Waals surface area contributed by atoms with Crippen LogP contribution in [0.3, 0.4) is 0 Å². The Morgan fingerprint density at radius 1 is 1.29 bits per heavy atom. The van der Waals surface area contributed by atoms with Gasteiger partial charge in [-0.2, -0.15) is 4.98 Å². The number of anilines is 1. The van der Waals surface area contributed by atoms with E-state index in [2.05, 4.69) is 9.97 Å². The Kier molecular flexibility index (Phi) is 3.36. The molecule has 17 heavy (non-hydrogen) atoms. The van der Waals surface area contributed by atoms with Crippen molar-refractivity contribution in [3.8, 4) is 11.6 Å². The van der Waals surface area contributed by atoms with Gasteiger partial charge in [0.15, 0.2) is 0 Å². The number of ether oxygens (including phenoxy) is 1. The number of aromatic nitrogens is 2. The molecule has 0 atom stereocenters. The lowest BCUT2D eigenvalue weighted by Gasteiger charge is -2.09. The molecule has 4 nitrogen and oxygen atoms in total. The van der Waals surface area contributed by atoms with Gasteiger partial charge in [0.25, 0.3) is 0 Å². The van der Waals surface area contributed by atoms with Crippen LogP contribution in [0.1, 0.15) is 5.56 Å². The Morgan fingerprint density at radius 2 is 2.06 bits per heavy atom. The fourth-order valence-electron chi connectivity index (χ4n) is 1.27. The molecule has 1 aromatic carbocycles. The summed E-state index contributed by atoms with van der Waals surface area (Å²) >= 11 is 11.7. The van der Waals surface area contributed by atoms with E-state index in [1.165, 1.54) is 6.20 Å². The third kappa shape index (κ3) is 2.78. The van der Waals surface area contributed by atoms with Crippen LogP contribution < -0.4 is 10.5 Å². The van der Waals surface area contributed by atoms with Gasteiger partial charge in [0.1, 0.15) is 10.8 Å². The van der Waals surface area contributed by atoms with Crippen molar-refractivity contribution >= 4 is 29.2 Å². The molecule has 0 amide bonds. The van der Waals surface area contributed by atoms with Crippen molar-refractivity contribution in [1.29, 1.82) is 0 Å². The monoisotopic (exact) mass is 269 g/mol. The van der Waals surface area contributed by atoms with Gasteiger partial charge < -0.3 is 10.5 Å². The summed E-state index contributed by atoms with van der Waals surface area (Å²) in [6, 6.07) is 5.25. The first-order chi connectivity index (χ1) is 8.06. The SMILES string of the molecule is Cc1cc(Cl)ccc1Oc1nc(N)ncc1Cl. The van der Waals surface area contributed by atoms with Crippen LogP contribution >= 0.6 is 23.2 Å². The van der Waals surface area contributed by atoms with Crippen molar-refractivity contribution < 1.29 is 4.74 Å². The van der Waals surface area contributed by atoms with Crippen molar-refractivity contribution in [3.63, 3.8) is 0 Å². The van der Waals surface area contributed by atoms with E-state index in [-0.39, 0.29) is 11.8 Å². The predicted octanol–water partition coefficient (Wildman–Crippen LogP) is 3.47. The number of hydrogen-bond acceptors (Lipinski definition) is 4. The molecule has 2 N–H and O–H groups in total. The molecule has 0 aliphatic carbocycles. The lowest BCUT2D eigenvalue weighted by atomic mass is 10.2. The van der Waals surface area contributed by atoms with Crippen LogP contribution in [0.15, 0.2) is 24.4 Å². The maximum absolute atomic E-state index is 5.90. The number of nitrogens with zero attached hydrogens (tertiary/aromatic N) is 2. The molecule has 0 bridgehead atoms. The number of halogens is 2. The summed E-state index contributed by atoms with van der Waals surface area (Å²) in [6.45, 7) is 1.87. The molecule has 0 radical (unpaired) electrons. The Morgan fingerprint density at radius 3 is 2.76 bits per heavy atom. The van der Waals surface area contributed by atoms with Gasteiger partial charge in [0.05, 0.1) is 6.20 Å². The summed E-state index contributed by atoms with van der Waals surface area (Å²) in [4.78, 5) is 7.66. The van der Waals surface area contributed by atoms with Gasteiger partial charge in [-0.1, -0.05) is 23.2 Å². The molecule has 0 aliphatic rings. The minimum Gasteiger partial charge on any atom is -0.437 e. The van der Waals surface area contributed by atoms with Gasteiger partial charge in [-0.05, 0) is 30.7 Å². The molecule has 2 aromatic rings. The van der Waals surface area contributed by atoms with Gasteiger partial charge in [0.2, 0.25) is 11.8 Å². The van der Waals surface area contributed by atoms with Gasteiger partial charge in [-0.3, -0.25) is 0 Å². The highest BCUT2D eigenvalue weighted by molar-refractivity contribution is 6.31. The lowest BCUT2D eigenvalue weighted by Crippen LogP contribution is -1.98. The first-order valence-electron chi connectivity index (χ1n) is 4.78. The Bertz CT molecular complexity index is 560. The van der Waals surface area contributed by atoms with E-state index in [1.807, 2.05) is 6.92 Å². The van der Waals surface area contributed by atoms with Crippen LogP contribution in [0.25, 0.3) is 0 Å². The van der Waals surface area contributed by atoms with Crippen LogP contribution in [0.4, 0.5) is 5.95 Å². The quantitative estimate of drug-likeness (QED) is 0.907. The third-order valence-corrected chi connectivity index (χ3v) is 2.57. The fourth-order valence-corrected chi connectivity index (χ4v) is 1.62. The minimum absolute atomic E-state index is 0.107. The summed E-state index contributed by atoms with van der Waals surface area (Å²) < 4.78 is 5.55. The maximum Gasteiger partial charge on any atom is 0.243 e. The second kappa shape index (κ2) is 4.77. The molecule has 0 unspecified atom stereocenters. The smallest absolute Gasteiger partial charge is 0.243 e. The van der Waals surface area contributed by atoms with Crippen molar-refractivity contribution in [2.45, 2.75) is 6.92 Å². The molecule has 0 aliphatic heterocycles. The Balaban J connectivity index is 2.34. The first kappa shape index (κ1) is 12.0. The second-order valence-electron chi connectivity index (χ2n) is 3.39. The zero-order valence-electron chi connectivity index (χ0n) is 8.95. The summed E-state index contributed by atoms with van der Waals surface area (Å²) in [6.07, 6.45) is 1.39.